The fraction of sp³-hybridized carbons (Fsp3) is 0.571. The average Bonchev–Trinajstić information content (AvgIpc) is 2.66. The molecule has 0 aliphatic rings. The van der Waals surface area contributed by atoms with E-state index in [1.807, 2.05) is 32.0 Å². The molecular formula is C14H23N3O. The molecule has 2 aromatic rings. The maximum atomic E-state index is 11.9. The highest BCUT2D eigenvalue weighted by Gasteiger charge is 2.12. The summed E-state index contributed by atoms with van der Waals surface area (Å²) in [5.41, 5.74) is 0.871. The molecule has 0 bridgehead atoms. The number of aryl methyl sites for hydroxylation is 1. The lowest BCUT2D eigenvalue weighted by Crippen LogP contribution is -2.23. The summed E-state index contributed by atoms with van der Waals surface area (Å²) in [5, 5.41) is 4.28. The van der Waals surface area contributed by atoms with E-state index in [2.05, 4.69) is 25.9 Å². The van der Waals surface area contributed by atoms with Crippen molar-refractivity contribution < 1.29 is 0 Å². The molecule has 0 atom stereocenters. The molecular weight excluding hydrogens is 226 g/mol. The molecule has 2 heterocycles. The van der Waals surface area contributed by atoms with Gasteiger partial charge in [0.2, 0.25) is 0 Å². The standard InChI is InChI=1S/C12H17N3O.C2H6/c1-12(2,3)7-9-15-11(16)14-8-5-4-6-10(14)13-15;1-2/h4-6,8H,7,9H2,1-3H3;1-2H3. The fourth-order valence-electron chi connectivity index (χ4n) is 1.56. The first-order valence-electron chi connectivity index (χ1n) is 6.52. The van der Waals surface area contributed by atoms with Crippen molar-refractivity contribution in [3.63, 3.8) is 0 Å². The van der Waals surface area contributed by atoms with E-state index in [9.17, 15) is 4.79 Å². The molecule has 0 aromatic carbocycles. The zero-order chi connectivity index (χ0) is 13.8. The molecule has 0 saturated carbocycles. The Kier molecular flexibility index (Phi) is 4.70. The maximum absolute atomic E-state index is 11.9. The first-order valence-corrected chi connectivity index (χ1v) is 6.52. The molecule has 0 N–H and O–H groups in total. The predicted octanol–water partition coefficient (Wildman–Crippen LogP) is 2.96. The highest BCUT2D eigenvalue weighted by atomic mass is 16.2. The lowest BCUT2D eigenvalue weighted by Gasteiger charge is -2.16. The summed E-state index contributed by atoms with van der Waals surface area (Å²) in [6.45, 7) is 11.2. The summed E-state index contributed by atoms with van der Waals surface area (Å²) in [5.74, 6) is 0. The van der Waals surface area contributed by atoms with Gasteiger partial charge in [0.25, 0.3) is 0 Å². The molecule has 0 amide bonds. The Morgan fingerprint density at radius 3 is 2.44 bits per heavy atom. The van der Waals surface area contributed by atoms with Gasteiger partial charge in [0.1, 0.15) is 0 Å². The minimum Gasteiger partial charge on any atom is -0.250 e. The molecule has 100 valence electrons. The smallest absolute Gasteiger partial charge is 0.250 e. The van der Waals surface area contributed by atoms with Crippen LogP contribution >= 0.6 is 0 Å². The second-order valence-corrected chi connectivity index (χ2v) is 5.25. The third kappa shape index (κ3) is 3.45. The van der Waals surface area contributed by atoms with Gasteiger partial charge in [-0.15, -0.1) is 5.10 Å². The Bertz CT molecular complexity index is 546. The summed E-state index contributed by atoms with van der Waals surface area (Å²) >= 11 is 0. The van der Waals surface area contributed by atoms with E-state index in [1.54, 1.807) is 15.3 Å². The van der Waals surface area contributed by atoms with Crippen molar-refractivity contribution in [1.29, 1.82) is 0 Å². The van der Waals surface area contributed by atoms with Crippen LogP contribution < -0.4 is 5.69 Å². The van der Waals surface area contributed by atoms with Crippen LogP contribution in [0, 0.1) is 5.41 Å². The van der Waals surface area contributed by atoms with Crippen molar-refractivity contribution >= 4 is 5.65 Å². The van der Waals surface area contributed by atoms with Crippen LogP contribution in [0.5, 0.6) is 0 Å². The van der Waals surface area contributed by atoms with Gasteiger partial charge in [0.05, 0.1) is 0 Å². The Hall–Kier alpha value is -1.58. The van der Waals surface area contributed by atoms with Crippen LogP contribution in [0.15, 0.2) is 29.2 Å². The first kappa shape index (κ1) is 14.5. The molecule has 18 heavy (non-hydrogen) atoms. The lowest BCUT2D eigenvalue weighted by atomic mass is 9.92. The Morgan fingerprint density at radius 2 is 1.89 bits per heavy atom. The molecule has 4 heteroatoms. The van der Waals surface area contributed by atoms with Gasteiger partial charge < -0.3 is 0 Å². The molecule has 0 saturated heterocycles. The summed E-state index contributed by atoms with van der Waals surface area (Å²) in [6.07, 6.45) is 2.69. The largest absolute Gasteiger partial charge is 0.350 e. The summed E-state index contributed by atoms with van der Waals surface area (Å²) in [6, 6.07) is 5.56. The van der Waals surface area contributed by atoms with Crippen molar-refractivity contribution in [2.24, 2.45) is 5.41 Å². The zero-order valence-electron chi connectivity index (χ0n) is 12.0. The monoisotopic (exact) mass is 249 g/mol. The molecule has 0 aliphatic heterocycles. The van der Waals surface area contributed by atoms with E-state index >= 15 is 0 Å². The van der Waals surface area contributed by atoms with Crippen LogP contribution in [-0.4, -0.2) is 14.2 Å². The second-order valence-electron chi connectivity index (χ2n) is 5.25. The van der Waals surface area contributed by atoms with Crippen molar-refractivity contribution in [2.75, 3.05) is 0 Å². The molecule has 0 fully saturated rings. The number of hydrogen-bond acceptors (Lipinski definition) is 2. The van der Waals surface area contributed by atoms with Gasteiger partial charge in [-0.2, -0.15) is 0 Å². The van der Waals surface area contributed by atoms with E-state index < -0.39 is 0 Å². The summed E-state index contributed by atoms with van der Waals surface area (Å²) in [4.78, 5) is 11.9. The number of rotatable bonds is 2. The van der Waals surface area contributed by atoms with Gasteiger partial charge in [-0.1, -0.05) is 40.7 Å². The molecule has 2 aromatic heterocycles. The van der Waals surface area contributed by atoms with E-state index in [1.165, 1.54) is 0 Å². The average molecular weight is 249 g/mol. The minimum atomic E-state index is -0.0557. The first-order chi connectivity index (χ1) is 8.47. The van der Waals surface area contributed by atoms with E-state index in [0.717, 1.165) is 6.42 Å². The summed E-state index contributed by atoms with van der Waals surface area (Å²) < 4.78 is 3.11. The maximum Gasteiger partial charge on any atom is 0.350 e. The van der Waals surface area contributed by atoms with Crippen molar-refractivity contribution in [2.45, 2.75) is 47.6 Å². The number of nitrogens with zero attached hydrogens (tertiary/aromatic N) is 3. The minimum absolute atomic E-state index is 0.0557. The van der Waals surface area contributed by atoms with Crippen LogP contribution in [0.3, 0.4) is 0 Å². The van der Waals surface area contributed by atoms with Gasteiger partial charge in [-0.05, 0) is 24.0 Å². The second kappa shape index (κ2) is 5.85. The Morgan fingerprint density at radius 1 is 1.22 bits per heavy atom. The summed E-state index contributed by atoms with van der Waals surface area (Å²) in [7, 11) is 0. The van der Waals surface area contributed by atoms with Crippen molar-refractivity contribution in [3.05, 3.63) is 34.9 Å². The van der Waals surface area contributed by atoms with Crippen molar-refractivity contribution in [1.82, 2.24) is 14.2 Å². The molecule has 0 spiro atoms. The lowest BCUT2D eigenvalue weighted by molar-refractivity contribution is 0.338. The molecule has 0 aliphatic carbocycles. The molecule has 0 unspecified atom stereocenters. The topological polar surface area (TPSA) is 39.3 Å². The van der Waals surface area contributed by atoms with E-state index in [4.69, 9.17) is 0 Å². The fourth-order valence-corrected chi connectivity index (χ4v) is 1.56. The normalized spacial score (nSPS) is 11.2. The van der Waals surface area contributed by atoms with Gasteiger partial charge in [-0.25, -0.2) is 9.48 Å². The third-order valence-corrected chi connectivity index (χ3v) is 2.56. The molecule has 0 radical (unpaired) electrons. The molecule has 2 rings (SSSR count). The predicted molar refractivity (Wildman–Crippen MR) is 74.9 cm³/mol. The number of pyridine rings is 1. The van der Waals surface area contributed by atoms with Crippen LogP contribution in [-0.2, 0) is 6.54 Å². The third-order valence-electron chi connectivity index (χ3n) is 2.56. The SMILES string of the molecule is CC.CC(C)(C)CCn1nc2ccccn2c1=O. The number of hydrogen-bond donors (Lipinski definition) is 0. The highest BCUT2D eigenvalue weighted by Crippen LogP contribution is 2.18. The van der Waals surface area contributed by atoms with E-state index in [-0.39, 0.29) is 11.1 Å². The number of aromatic nitrogens is 3. The zero-order valence-corrected chi connectivity index (χ0v) is 12.0. The van der Waals surface area contributed by atoms with E-state index in [0.29, 0.717) is 12.2 Å². The Labute approximate surface area is 108 Å². The Balaban J connectivity index is 0.000000771. The van der Waals surface area contributed by atoms with Crippen molar-refractivity contribution in [3.8, 4) is 0 Å². The highest BCUT2D eigenvalue weighted by molar-refractivity contribution is 5.35. The number of fused-ring (bicyclic) bond motifs is 1. The van der Waals surface area contributed by atoms with Crippen LogP contribution in [0.25, 0.3) is 5.65 Å². The van der Waals surface area contributed by atoms with Crippen LogP contribution in [0.1, 0.15) is 41.0 Å². The molecule has 4 nitrogen and oxygen atoms in total. The van der Waals surface area contributed by atoms with Gasteiger partial charge >= 0.3 is 5.69 Å². The van der Waals surface area contributed by atoms with Crippen LogP contribution in [0.4, 0.5) is 0 Å². The van der Waals surface area contributed by atoms with Crippen LogP contribution in [0.2, 0.25) is 0 Å². The van der Waals surface area contributed by atoms with Gasteiger partial charge in [-0.3, -0.25) is 4.40 Å². The quantitative estimate of drug-likeness (QED) is 0.821. The van der Waals surface area contributed by atoms with Gasteiger partial charge in [0.15, 0.2) is 5.65 Å². The van der Waals surface area contributed by atoms with Gasteiger partial charge in [0, 0.05) is 12.7 Å².